The standard InChI is InChI=1S/C17H19FN2O4S/c18-14-6-8-15(9-7-14)25(23,24)20-16(17(22)19-10-11-21)12-13-4-2-1-3-5-13/h1-9,16,20-21H,10-12H2,(H,19,22). The molecule has 0 aliphatic heterocycles. The van der Waals surface area contributed by atoms with Gasteiger partial charge in [0.1, 0.15) is 11.9 Å². The average molecular weight is 366 g/mol. The van der Waals surface area contributed by atoms with Crippen molar-refractivity contribution in [1.29, 1.82) is 0 Å². The number of sulfonamides is 1. The lowest BCUT2D eigenvalue weighted by molar-refractivity contribution is -0.122. The molecule has 134 valence electrons. The van der Waals surface area contributed by atoms with E-state index in [1.807, 2.05) is 6.07 Å². The molecule has 0 aliphatic carbocycles. The van der Waals surface area contributed by atoms with Crippen molar-refractivity contribution in [2.75, 3.05) is 13.2 Å². The van der Waals surface area contributed by atoms with Crippen molar-refractivity contribution < 1.29 is 22.7 Å². The minimum Gasteiger partial charge on any atom is -0.395 e. The van der Waals surface area contributed by atoms with Crippen LogP contribution in [-0.2, 0) is 21.2 Å². The van der Waals surface area contributed by atoms with Crippen molar-refractivity contribution in [3.05, 3.63) is 66.0 Å². The second-order valence-electron chi connectivity index (χ2n) is 5.33. The predicted octanol–water partition coefficient (Wildman–Crippen LogP) is 0.824. The monoisotopic (exact) mass is 366 g/mol. The molecule has 0 fully saturated rings. The minimum absolute atomic E-state index is 0.0163. The molecule has 2 aromatic carbocycles. The van der Waals surface area contributed by atoms with Crippen LogP contribution in [0.5, 0.6) is 0 Å². The molecule has 1 amide bonds. The Bertz CT molecular complexity index is 795. The summed E-state index contributed by atoms with van der Waals surface area (Å²) in [6.45, 7) is -0.239. The maximum atomic E-state index is 13.0. The van der Waals surface area contributed by atoms with Crippen molar-refractivity contribution in [3.8, 4) is 0 Å². The quantitative estimate of drug-likeness (QED) is 0.645. The molecule has 0 spiro atoms. The van der Waals surface area contributed by atoms with Crippen molar-refractivity contribution in [3.63, 3.8) is 0 Å². The van der Waals surface area contributed by atoms with Crippen LogP contribution >= 0.6 is 0 Å². The molecular weight excluding hydrogens is 347 g/mol. The summed E-state index contributed by atoms with van der Waals surface area (Å²) in [5.41, 5.74) is 0.772. The Kier molecular flexibility index (Phi) is 6.63. The summed E-state index contributed by atoms with van der Waals surface area (Å²) < 4.78 is 40.3. The zero-order valence-electron chi connectivity index (χ0n) is 13.4. The van der Waals surface area contributed by atoms with Crippen LogP contribution in [0.3, 0.4) is 0 Å². The zero-order chi connectivity index (χ0) is 18.3. The number of rotatable bonds is 8. The van der Waals surface area contributed by atoms with Gasteiger partial charge in [0, 0.05) is 6.54 Å². The van der Waals surface area contributed by atoms with Crippen LogP contribution in [0.1, 0.15) is 5.56 Å². The SMILES string of the molecule is O=C(NCCO)C(Cc1ccccc1)NS(=O)(=O)c1ccc(F)cc1. The van der Waals surface area contributed by atoms with Crippen molar-refractivity contribution in [2.24, 2.45) is 0 Å². The lowest BCUT2D eigenvalue weighted by Gasteiger charge is -2.18. The summed E-state index contributed by atoms with van der Waals surface area (Å²) in [6.07, 6.45) is 0.137. The number of nitrogens with one attached hydrogen (secondary N) is 2. The average Bonchev–Trinajstić information content (AvgIpc) is 2.60. The third-order valence-electron chi connectivity index (χ3n) is 3.43. The number of carbonyl (C=O) groups excluding carboxylic acids is 1. The molecule has 0 saturated heterocycles. The highest BCUT2D eigenvalue weighted by atomic mass is 32.2. The van der Waals surface area contributed by atoms with E-state index in [2.05, 4.69) is 10.0 Å². The fourth-order valence-electron chi connectivity index (χ4n) is 2.21. The fraction of sp³-hybridized carbons (Fsp3) is 0.235. The molecule has 0 radical (unpaired) electrons. The normalized spacial score (nSPS) is 12.6. The van der Waals surface area contributed by atoms with Crippen LogP contribution < -0.4 is 10.0 Å². The van der Waals surface area contributed by atoms with Crippen LogP contribution in [0.2, 0.25) is 0 Å². The Morgan fingerprint density at radius 1 is 1.08 bits per heavy atom. The van der Waals surface area contributed by atoms with Gasteiger partial charge in [-0.1, -0.05) is 30.3 Å². The van der Waals surface area contributed by atoms with E-state index in [0.29, 0.717) is 0 Å². The molecule has 25 heavy (non-hydrogen) atoms. The highest BCUT2D eigenvalue weighted by Gasteiger charge is 2.25. The van der Waals surface area contributed by atoms with Gasteiger partial charge in [0.15, 0.2) is 0 Å². The van der Waals surface area contributed by atoms with Gasteiger partial charge >= 0.3 is 0 Å². The molecule has 0 heterocycles. The lowest BCUT2D eigenvalue weighted by Crippen LogP contribution is -2.48. The first-order chi connectivity index (χ1) is 11.9. The summed E-state index contributed by atoms with van der Waals surface area (Å²) >= 11 is 0. The molecule has 1 atom stereocenters. The highest BCUT2D eigenvalue weighted by Crippen LogP contribution is 2.12. The van der Waals surface area contributed by atoms with E-state index in [0.717, 1.165) is 29.8 Å². The molecule has 0 saturated carbocycles. The Morgan fingerprint density at radius 2 is 1.72 bits per heavy atom. The van der Waals surface area contributed by atoms with Crippen LogP contribution in [0, 0.1) is 5.82 Å². The lowest BCUT2D eigenvalue weighted by atomic mass is 10.1. The topological polar surface area (TPSA) is 95.5 Å². The van der Waals surface area contributed by atoms with Crippen LogP contribution in [0.15, 0.2) is 59.5 Å². The second kappa shape index (κ2) is 8.70. The molecule has 8 heteroatoms. The maximum absolute atomic E-state index is 13.0. The highest BCUT2D eigenvalue weighted by molar-refractivity contribution is 7.89. The zero-order valence-corrected chi connectivity index (χ0v) is 14.2. The van der Waals surface area contributed by atoms with E-state index in [1.54, 1.807) is 24.3 Å². The molecule has 3 N–H and O–H groups in total. The minimum atomic E-state index is -4.01. The Morgan fingerprint density at radius 3 is 2.32 bits per heavy atom. The second-order valence-corrected chi connectivity index (χ2v) is 7.05. The van der Waals surface area contributed by atoms with Crippen molar-refractivity contribution >= 4 is 15.9 Å². The summed E-state index contributed by atoms with van der Waals surface area (Å²) in [4.78, 5) is 12.1. The van der Waals surface area contributed by atoms with Gasteiger partial charge in [-0.05, 0) is 36.2 Å². The smallest absolute Gasteiger partial charge is 0.241 e. The molecule has 6 nitrogen and oxygen atoms in total. The van der Waals surface area contributed by atoms with Crippen molar-refractivity contribution in [2.45, 2.75) is 17.4 Å². The van der Waals surface area contributed by atoms with E-state index >= 15 is 0 Å². The van der Waals surface area contributed by atoms with E-state index in [4.69, 9.17) is 5.11 Å². The molecule has 2 rings (SSSR count). The Labute approximate surface area is 145 Å². The van der Waals surface area contributed by atoms with Crippen LogP contribution in [0.25, 0.3) is 0 Å². The van der Waals surface area contributed by atoms with Gasteiger partial charge in [0.05, 0.1) is 11.5 Å². The number of aliphatic hydroxyl groups excluding tert-OH is 1. The van der Waals surface area contributed by atoms with Gasteiger partial charge in [-0.25, -0.2) is 12.8 Å². The van der Waals surface area contributed by atoms with Gasteiger partial charge in [0.25, 0.3) is 0 Å². The maximum Gasteiger partial charge on any atom is 0.241 e. The third kappa shape index (κ3) is 5.63. The molecule has 1 unspecified atom stereocenters. The number of aliphatic hydroxyl groups is 1. The summed E-state index contributed by atoms with van der Waals surface area (Å²) in [5, 5.41) is 11.3. The van der Waals surface area contributed by atoms with Gasteiger partial charge in [0.2, 0.25) is 15.9 Å². The van der Waals surface area contributed by atoms with Gasteiger partial charge < -0.3 is 10.4 Å². The molecule has 0 bridgehead atoms. The summed E-state index contributed by atoms with van der Waals surface area (Å²) in [5.74, 6) is -1.11. The first kappa shape index (κ1) is 19.0. The van der Waals surface area contributed by atoms with E-state index in [9.17, 15) is 17.6 Å². The third-order valence-corrected chi connectivity index (χ3v) is 4.92. The van der Waals surface area contributed by atoms with Crippen LogP contribution in [0.4, 0.5) is 4.39 Å². The molecule has 0 aromatic heterocycles. The largest absolute Gasteiger partial charge is 0.395 e. The number of halogens is 1. The predicted molar refractivity (Wildman–Crippen MR) is 90.8 cm³/mol. The first-order valence-corrected chi connectivity index (χ1v) is 9.11. The summed E-state index contributed by atoms with van der Waals surface area (Å²) in [6, 6.07) is 12.2. The Balaban J connectivity index is 2.22. The summed E-state index contributed by atoms with van der Waals surface area (Å²) in [7, 11) is -4.01. The van der Waals surface area contributed by atoms with Crippen molar-refractivity contribution in [1.82, 2.24) is 10.0 Å². The molecule has 0 aliphatic rings. The number of hydrogen-bond acceptors (Lipinski definition) is 4. The van der Waals surface area contributed by atoms with E-state index < -0.39 is 27.8 Å². The fourth-order valence-corrected chi connectivity index (χ4v) is 3.40. The first-order valence-electron chi connectivity index (χ1n) is 7.63. The Hall–Kier alpha value is -2.29. The molecule has 2 aromatic rings. The number of amides is 1. The molecular formula is C17H19FN2O4S. The number of hydrogen-bond donors (Lipinski definition) is 3. The van der Waals surface area contributed by atoms with Crippen LogP contribution in [-0.4, -0.2) is 38.6 Å². The van der Waals surface area contributed by atoms with Gasteiger partial charge in [-0.3, -0.25) is 4.79 Å². The number of benzene rings is 2. The van der Waals surface area contributed by atoms with Gasteiger partial charge in [-0.15, -0.1) is 0 Å². The van der Waals surface area contributed by atoms with Gasteiger partial charge in [-0.2, -0.15) is 4.72 Å². The van der Waals surface area contributed by atoms with E-state index in [1.165, 1.54) is 0 Å². The van der Waals surface area contributed by atoms with E-state index in [-0.39, 0.29) is 24.5 Å². The number of carbonyl (C=O) groups is 1.